The Labute approximate surface area is 114 Å². The first kappa shape index (κ1) is 13.2. The standard InChI is InChI=1S/C16H18N2O/c1-9-8-12(19-5)6-7-13(9)14-10(2)11(3)16(18-4)15(14)17/h6-8,14H,17H2,1-3,5H3. The number of allylic oxidation sites excluding steroid dienone is 2. The lowest BCUT2D eigenvalue weighted by molar-refractivity contribution is 0.414. The molecule has 2 rings (SSSR count). The number of methoxy groups -OCH3 is 1. The summed E-state index contributed by atoms with van der Waals surface area (Å²) in [5.74, 6) is 0.862. The summed E-state index contributed by atoms with van der Waals surface area (Å²) >= 11 is 0. The van der Waals surface area contributed by atoms with Crippen LogP contribution >= 0.6 is 0 Å². The Bertz CT molecular complexity index is 633. The maximum absolute atomic E-state index is 7.25. The third-order valence-electron chi connectivity index (χ3n) is 3.86. The molecule has 0 heterocycles. The van der Waals surface area contributed by atoms with Crippen LogP contribution in [-0.2, 0) is 0 Å². The molecule has 1 atom stereocenters. The minimum atomic E-state index is 0.0232. The van der Waals surface area contributed by atoms with Crippen molar-refractivity contribution in [3.05, 3.63) is 63.3 Å². The van der Waals surface area contributed by atoms with Crippen molar-refractivity contribution in [2.75, 3.05) is 7.11 Å². The van der Waals surface area contributed by atoms with E-state index in [2.05, 4.69) is 11.8 Å². The van der Waals surface area contributed by atoms with Crippen LogP contribution in [0.3, 0.4) is 0 Å². The smallest absolute Gasteiger partial charge is 0.209 e. The first-order valence-electron chi connectivity index (χ1n) is 6.20. The van der Waals surface area contributed by atoms with Crippen LogP contribution in [0.5, 0.6) is 5.75 Å². The fourth-order valence-electron chi connectivity index (χ4n) is 2.64. The zero-order valence-electron chi connectivity index (χ0n) is 11.7. The predicted octanol–water partition coefficient (Wildman–Crippen LogP) is 3.53. The minimum absolute atomic E-state index is 0.0232. The summed E-state index contributed by atoms with van der Waals surface area (Å²) in [7, 11) is 1.66. The van der Waals surface area contributed by atoms with Gasteiger partial charge in [0.25, 0.3) is 0 Å². The molecule has 19 heavy (non-hydrogen) atoms. The lowest BCUT2D eigenvalue weighted by Crippen LogP contribution is -2.10. The van der Waals surface area contributed by atoms with E-state index in [4.69, 9.17) is 17.0 Å². The summed E-state index contributed by atoms with van der Waals surface area (Å²) in [6, 6.07) is 5.98. The average Bonchev–Trinajstić information content (AvgIpc) is 2.61. The van der Waals surface area contributed by atoms with Gasteiger partial charge in [0.05, 0.1) is 13.7 Å². The molecule has 3 nitrogen and oxygen atoms in total. The first-order chi connectivity index (χ1) is 9.01. The van der Waals surface area contributed by atoms with Crippen molar-refractivity contribution in [2.24, 2.45) is 5.73 Å². The van der Waals surface area contributed by atoms with Gasteiger partial charge in [0.15, 0.2) is 0 Å². The summed E-state index contributed by atoms with van der Waals surface area (Å²) in [5.41, 5.74) is 11.9. The second-order valence-electron chi connectivity index (χ2n) is 4.88. The van der Waals surface area contributed by atoms with Crippen LogP contribution in [0.2, 0.25) is 0 Å². The van der Waals surface area contributed by atoms with Gasteiger partial charge in [-0.1, -0.05) is 11.6 Å². The molecular formula is C16H18N2O. The number of aryl methyl sites for hydroxylation is 1. The van der Waals surface area contributed by atoms with Gasteiger partial charge in [-0.25, -0.2) is 4.85 Å². The van der Waals surface area contributed by atoms with E-state index in [0.717, 1.165) is 28.0 Å². The monoisotopic (exact) mass is 254 g/mol. The van der Waals surface area contributed by atoms with Crippen LogP contribution in [0.4, 0.5) is 0 Å². The molecule has 0 aromatic heterocycles. The average molecular weight is 254 g/mol. The zero-order valence-corrected chi connectivity index (χ0v) is 11.7. The molecule has 0 fully saturated rings. The predicted molar refractivity (Wildman–Crippen MR) is 76.7 cm³/mol. The van der Waals surface area contributed by atoms with E-state index >= 15 is 0 Å². The molecule has 0 spiro atoms. The number of hydrogen-bond acceptors (Lipinski definition) is 2. The van der Waals surface area contributed by atoms with Crippen LogP contribution in [0.15, 0.2) is 40.7 Å². The highest BCUT2D eigenvalue weighted by Gasteiger charge is 2.29. The third-order valence-corrected chi connectivity index (χ3v) is 3.86. The van der Waals surface area contributed by atoms with Crippen molar-refractivity contribution < 1.29 is 4.74 Å². The SMILES string of the molecule is [C-]#[N+]C1=C(N)C(c2ccc(OC)cc2C)C(C)=C1C. The van der Waals surface area contributed by atoms with E-state index in [1.54, 1.807) is 7.11 Å². The van der Waals surface area contributed by atoms with Crippen LogP contribution in [-0.4, -0.2) is 7.11 Å². The van der Waals surface area contributed by atoms with Crippen LogP contribution in [0.1, 0.15) is 30.9 Å². The molecule has 0 saturated heterocycles. The lowest BCUT2D eigenvalue weighted by Gasteiger charge is -2.18. The number of hydrogen-bond donors (Lipinski definition) is 1. The second kappa shape index (κ2) is 4.81. The van der Waals surface area contributed by atoms with Gasteiger partial charge in [0, 0.05) is 11.6 Å². The molecule has 3 heteroatoms. The van der Waals surface area contributed by atoms with Gasteiger partial charge in [-0.2, -0.15) is 0 Å². The summed E-state index contributed by atoms with van der Waals surface area (Å²) in [6.07, 6.45) is 0. The number of rotatable bonds is 2. The largest absolute Gasteiger partial charge is 0.497 e. The molecule has 2 N–H and O–H groups in total. The molecule has 1 aromatic rings. The molecule has 98 valence electrons. The van der Waals surface area contributed by atoms with Gasteiger partial charge >= 0.3 is 0 Å². The molecule has 0 radical (unpaired) electrons. The molecule has 1 aromatic carbocycles. The fourth-order valence-corrected chi connectivity index (χ4v) is 2.64. The maximum Gasteiger partial charge on any atom is 0.209 e. The highest BCUT2D eigenvalue weighted by Crippen LogP contribution is 2.43. The normalized spacial score (nSPS) is 18.8. The second-order valence-corrected chi connectivity index (χ2v) is 4.88. The van der Waals surface area contributed by atoms with E-state index in [1.165, 1.54) is 0 Å². The zero-order chi connectivity index (χ0) is 14.2. The van der Waals surface area contributed by atoms with Gasteiger partial charge in [0.2, 0.25) is 5.70 Å². The molecule has 1 aliphatic carbocycles. The molecule has 0 bridgehead atoms. The van der Waals surface area contributed by atoms with E-state index in [-0.39, 0.29) is 5.92 Å². The summed E-state index contributed by atoms with van der Waals surface area (Å²) in [6.45, 7) is 13.3. The Morgan fingerprint density at radius 2 is 1.95 bits per heavy atom. The maximum atomic E-state index is 7.25. The van der Waals surface area contributed by atoms with Crippen LogP contribution < -0.4 is 10.5 Å². The Hall–Kier alpha value is -2.21. The molecule has 0 amide bonds. The fraction of sp³-hybridized carbons (Fsp3) is 0.312. The summed E-state index contributed by atoms with van der Waals surface area (Å²) in [5, 5.41) is 0. The minimum Gasteiger partial charge on any atom is -0.497 e. The number of nitrogens with two attached hydrogens (primary N) is 1. The van der Waals surface area contributed by atoms with Gasteiger partial charge in [-0.05, 0) is 49.6 Å². The van der Waals surface area contributed by atoms with Gasteiger partial charge in [-0.15, -0.1) is 0 Å². The van der Waals surface area contributed by atoms with Crippen molar-refractivity contribution >= 4 is 0 Å². The summed E-state index contributed by atoms with van der Waals surface area (Å²) in [4.78, 5) is 3.56. The van der Waals surface area contributed by atoms with E-state index in [1.807, 2.05) is 32.0 Å². The molecule has 0 aliphatic heterocycles. The highest BCUT2D eigenvalue weighted by molar-refractivity contribution is 5.57. The molecule has 1 unspecified atom stereocenters. The third kappa shape index (κ3) is 2.00. The van der Waals surface area contributed by atoms with Crippen molar-refractivity contribution in [2.45, 2.75) is 26.7 Å². The van der Waals surface area contributed by atoms with Gasteiger partial charge < -0.3 is 10.5 Å². The highest BCUT2D eigenvalue weighted by atomic mass is 16.5. The van der Waals surface area contributed by atoms with E-state index in [9.17, 15) is 0 Å². The van der Waals surface area contributed by atoms with Crippen LogP contribution in [0.25, 0.3) is 4.85 Å². The van der Waals surface area contributed by atoms with Crippen molar-refractivity contribution in [3.8, 4) is 5.75 Å². The lowest BCUT2D eigenvalue weighted by atomic mass is 9.89. The van der Waals surface area contributed by atoms with Crippen molar-refractivity contribution in [3.63, 3.8) is 0 Å². The number of benzene rings is 1. The molecule has 1 aliphatic rings. The van der Waals surface area contributed by atoms with E-state index < -0.39 is 0 Å². The number of ether oxygens (including phenoxy) is 1. The first-order valence-corrected chi connectivity index (χ1v) is 6.20. The Morgan fingerprint density at radius 1 is 1.26 bits per heavy atom. The topological polar surface area (TPSA) is 39.6 Å². The van der Waals surface area contributed by atoms with Gasteiger partial charge in [-0.3, -0.25) is 0 Å². The Morgan fingerprint density at radius 3 is 2.42 bits per heavy atom. The van der Waals surface area contributed by atoms with Gasteiger partial charge in [0.1, 0.15) is 5.75 Å². The quantitative estimate of drug-likeness (QED) is 0.820. The Kier molecular flexibility index (Phi) is 3.35. The van der Waals surface area contributed by atoms with E-state index in [0.29, 0.717) is 11.4 Å². The van der Waals surface area contributed by atoms with Crippen molar-refractivity contribution in [1.29, 1.82) is 0 Å². The molecule has 0 saturated carbocycles. The van der Waals surface area contributed by atoms with Crippen molar-refractivity contribution in [1.82, 2.24) is 0 Å². The van der Waals surface area contributed by atoms with Crippen LogP contribution in [0, 0.1) is 13.5 Å². The Balaban J connectivity index is 2.55. The molecular weight excluding hydrogens is 236 g/mol. The summed E-state index contributed by atoms with van der Waals surface area (Å²) < 4.78 is 5.23. The number of nitrogens with zero attached hydrogens (tertiary/aromatic N) is 1.